The Morgan fingerprint density at radius 1 is 1.26 bits per heavy atom. The molecule has 0 aliphatic heterocycles. The van der Waals surface area contributed by atoms with Crippen LogP contribution < -0.4 is 10.6 Å². The molecule has 0 aliphatic carbocycles. The van der Waals surface area contributed by atoms with E-state index >= 15 is 0 Å². The summed E-state index contributed by atoms with van der Waals surface area (Å²) in [5.74, 6) is 1.04. The minimum Gasteiger partial charge on any atom is -0.370 e. The fourth-order valence-electron chi connectivity index (χ4n) is 2.02. The van der Waals surface area contributed by atoms with E-state index in [2.05, 4.69) is 50.4 Å². The molecule has 2 aromatic rings. The second-order valence-electron chi connectivity index (χ2n) is 5.81. The SMILES string of the molecule is Cc1cc(Br)ccc1NC(=O)c1cc(NCCC(C)C)ncn1. The first-order valence-corrected chi connectivity index (χ1v) is 8.38. The second kappa shape index (κ2) is 8.06. The van der Waals surface area contributed by atoms with E-state index < -0.39 is 0 Å². The fraction of sp³-hybridized carbons (Fsp3) is 0.353. The number of rotatable bonds is 6. The van der Waals surface area contributed by atoms with Crippen LogP contribution in [0.5, 0.6) is 0 Å². The normalized spacial score (nSPS) is 10.7. The van der Waals surface area contributed by atoms with Crippen LogP contribution in [0.25, 0.3) is 0 Å². The molecule has 2 rings (SSSR count). The van der Waals surface area contributed by atoms with Crippen LogP contribution in [-0.2, 0) is 0 Å². The molecule has 1 aromatic heterocycles. The molecule has 0 fully saturated rings. The van der Waals surface area contributed by atoms with E-state index in [1.54, 1.807) is 6.07 Å². The Hall–Kier alpha value is -1.95. The molecule has 2 N–H and O–H groups in total. The van der Waals surface area contributed by atoms with Crippen LogP contribution in [0.2, 0.25) is 0 Å². The lowest BCUT2D eigenvalue weighted by molar-refractivity contribution is 0.102. The molecule has 1 aromatic carbocycles. The number of hydrogen-bond donors (Lipinski definition) is 2. The molecular formula is C17H21BrN4O. The molecule has 0 atom stereocenters. The van der Waals surface area contributed by atoms with E-state index in [0.29, 0.717) is 17.4 Å². The van der Waals surface area contributed by atoms with E-state index in [9.17, 15) is 4.79 Å². The van der Waals surface area contributed by atoms with Gasteiger partial charge in [0.1, 0.15) is 17.8 Å². The number of amides is 1. The molecule has 23 heavy (non-hydrogen) atoms. The van der Waals surface area contributed by atoms with Gasteiger partial charge in [-0.25, -0.2) is 9.97 Å². The highest BCUT2D eigenvalue weighted by molar-refractivity contribution is 9.10. The maximum atomic E-state index is 12.3. The summed E-state index contributed by atoms with van der Waals surface area (Å²) in [6.07, 6.45) is 2.45. The largest absolute Gasteiger partial charge is 0.370 e. The molecule has 5 nitrogen and oxygen atoms in total. The fourth-order valence-corrected chi connectivity index (χ4v) is 2.50. The first-order valence-electron chi connectivity index (χ1n) is 7.59. The number of anilines is 2. The quantitative estimate of drug-likeness (QED) is 0.790. The first-order chi connectivity index (χ1) is 11.0. The van der Waals surface area contributed by atoms with Gasteiger partial charge in [-0.1, -0.05) is 29.8 Å². The van der Waals surface area contributed by atoms with Crippen molar-refractivity contribution in [3.63, 3.8) is 0 Å². The molecule has 0 spiro atoms. The number of aromatic nitrogens is 2. The van der Waals surface area contributed by atoms with Crippen molar-refractivity contribution in [2.45, 2.75) is 27.2 Å². The molecular weight excluding hydrogens is 356 g/mol. The summed E-state index contributed by atoms with van der Waals surface area (Å²) in [5.41, 5.74) is 2.09. The van der Waals surface area contributed by atoms with Crippen molar-refractivity contribution in [1.29, 1.82) is 0 Å². The summed E-state index contributed by atoms with van der Waals surface area (Å²) in [5, 5.41) is 6.09. The topological polar surface area (TPSA) is 66.9 Å². The van der Waals surface area contributed by atoms with Crippen LogP contribution >= 0.6 is 15.9 Å². The number of benzene rings is 1. The molecule has 0 radical (unpaired) electrons. The number of aryl methyl sites for hydroxylation is 1. The van der Waals surface area contributed by atoms with Crippen molar-refractivity contribution in [2.75, 3.05) is 17.2 Å². The van der Waals surface area contributed by atoms with Gasteiger partial charge in [-0.15, -0.1) is 0 Å². The summed E-state index contributed by atoms with van der Waals surface area (Å²) >= 11 is 3.41. The summed E-state index contributed by atoms with van der Waals surface area (Å²) in [4.78, 5) is 20.5. The molecule has 1 heterocycles. The van der Waals surface area contributed by atoms with Gasteiger partial charge in [-0.2, -0.15) is 0 Å². The molecule has 0 bridgehead atoms. The third-order valence-electron chi connectivity index (χ3n) is 3.36. The van der Waals surface area contributed by atoms with Gasteiger partial charge in [0.25, 0.3) is 5.91 Å². The summed E-state index contributed by atoms with van der Waals surface area (Å²) in [6, 6.07) is 7.38. The number of nitrogens with zero attached hydrogens (tertiary/aromatic N) is 2. The minimum atomic E-state index is -0.246. The van der Waals surface area contributed by atoms with E-state index in [4.69, 9.17) is 0 Å². The highest BCUT2D eigenvalue weighted by Gasteiger charge is 2.10. The first kappa shape index (κ1) is 17.4. The third-order valence-corrected chi connectivity index (χ3v) is 3.86. The lowest BCUT2D eigenvalue weighted by Gasteiger charge is -2.10. The zero-order valence-corrected chi connectivity index (χ0v) is 15.1. The maximum Gasteiger partial charge on any atom is 0.274 e. The van der Waals surface area contributed by atoms with Crippen molar-refractivity contribution in [3.8, 4) is 0 Å². The Kier molecular flexibility index (Phi) is 6.10. The van der Waals surface area contributed by atoms with Gasteiger partial charge in [0.2, 0.25) is 0 Å². The average Bonchev–Trinajstić information content (AvgIpc) is 2.50. The second-order valence-corrected chi connectivity index (χ2v) is 6.73. The van der Waals surface area contributed by atoms with Crippen LogP contribution in [0.15, 0.2) is 35.1 Å². The predicted octanol–water partition coefficient (Wildman–Crippen LogP) is 4.26. The van der Waals surface area contributed by atoms with Crippen molar-refractivity contribution in [1.82, 2.24) is 9.97 Å². The Morgan fingerprint density at radius 2 is 2.04 bits per heavy atom. The van der Waals surface area contributed by atoms with Gasteiger partial charge in [0, 0.05) is 22.8 Å². The standard InChI is InChI=1S/C17H21BrN4O/c1-11(2)6-7-19-16-9-15(20-10-21-16)17(23)22-14-5-4-13(18)8-12(14)3/h4-5,8-11H,6-7H2,1-3H3,(H,22,23)(H,19,20,21). The van der Waals surface area contributed by atoms with Crippen LogP contribution in [-0.4, -0.2) is 22.4 Å². The van der Waals surface area contributed by atoms with E-state index in [1.807, 2.05) is 25.1 Å². The van der Waals surface area contributed by atoms with Gasteiger partial charge < -0.3 is 10.6 Å². The molecule has 1 amide bonds. The number of carbonyl (C=O) groups excluding carboxylic acids is 1. The molecule has 0 unspecified atom stereocenters. The lowest BCUT2D eigenvalue weighted by atomic mass is 10.1. The van der Waals surface area contributed by atoms with Crippen molar-refractivity contribution >= 4 is 33.3 Å². The van der Waals surface area contributed by atoms with Gasteiger partial charge >= 0.3 is 0 Å². The van der Waals surface area contributed by atoms with E-state index in [1.165, 1.54) is 6.33 Å². The Bertz CT molecular complexity index is 688. The Balaban J connectivity index is 2.04. The van der Waals surface area contributed by atoms with Crippen molar-refractivity contribution in [2.24, 2.45) is 5.92 Å². The van der Waals surface area contributed by atoms with Crippen LogP contribution in [0.3, 0.4) is 0 Å². The number of hydrogen-bond acceptors (Lipinski definition) is 4. The zero-order valence-electron chi connectivity index (χ0n) is 13.6. The molecule has 0 aliphatic rings. The number of carbonyl (C=O) groups is 1. The van der Waals surface area contributed by atoms with Crippen LogP contribution in [0.4, 0.5) is 11.5 Å². The number of halogens is 1. The summed E-state index contributed by atoms with van der Waals surface area (Å²) in [7, 11) is 0. The maximum absolute atomic E-state index is 12.3. The number of nitrogens with one attached hydrogen (secondary N) is 2. The summed E-state index contributed by atoms with van der Waals surface area (Å²) in [6.45, 7) is 7.10. The minimum absolute atomic E-state index is 0.246. The van der Waals surface area contributed by atoms with Gasteiger partial charge in [0.05, 0.1) is 0 Å². The highest BCUT2D eigenvalue weighted by Crippen LogP contribution is 2.20. The molecule has 6 heteroatoms. The van der Waals surface area contributed by atoms with Gasteiger partial charge in [0.15, 0.2) is 0 Å². The van der Waals surface area contributed by atoms with E-state index in [-0.39, 0.29) is 5.91 Å². The Morgan fingerprint density at radius 3 is 2.74 bits per heavy atom. The van der Waals surface area contributed by atoms with Gasteiger partial charge in [-0.3, -0.25) is 4.79 Å². The van der Waals surface area contributed by atoms with Crippen LogP contribution in [0.1, 0.15) is 36.3 Å². The monoisotopic (exact) mass is 376 g/mol. The average molecular weight is 377 g/mol. The summed E-state index contributed by atoms with van der Waals surface area (Å²) < 4.78 is 0.978. The smallest absolute Gasteiger partial charge is 0.274 e. The lowest BCUT2D eigenvalue weighted by Crippen LogP contribution is -2.15. The zero-order chi connectivity index (χ0) is 16.8. The molecule has 122 valence electrons. The Labute approximate surface area is 145 Å². The highest BCUT2D eigenvalue weighted by atomic mass is 79.9. The molecule has 0 saturated heterocycles. The van der Waals surface area contributed by atoms with Crippen molar-refractivity contribution < 1.29 is 4.79 Å². The third kappa shape index (κ3) is 5.32. The molecule has 0 saturated carbocycles. The predicted molar refractivity (Wildman–Crippen MR) is 96.8 cm³/mol. The van der Waals surface area contributed by atoms with E-state index in [0.717, 1.165) is 28.7 Å². The van der Waals surface area contributed by atoms with Crippen LogP contribution in [0, 0.1) is 12.8 Å². The van der Waals surface area contributed by atoms with Crippen molar-refractivity contribution in [3.05, 3.63) is 46.3 Å². The van der Waals surface area contributed by atoms with Gasteiger partial charge in [-0.05, 0) is 43.0 Å².